The van der Waals surface area contributed by atoms with E-state index in [4.69, 9.17) is 14.2 Å². The topological polar surface area (TPSA) is 39.7 Å². The van der Waals surface area contributed by atoms with Crippen molar-refractivity contribution in [2.45, 2.75) is 38.5 Å². The second-order valence-electron chi connectivity index (χ2n) is 5.00. The summed E-state index contributed by atoms with van der Waals surface area (Å²) in [7, 11) is 3.34. The van der Waals surface area contributed by atoms with Crippen LogP contribution in [0.15, 0.2) is 18.2 Å². The molecular formula is C15H23NO3. The maximum atomic E-state index is 5.77. The second kappa shape index (κ2) is 6.78. The van der Waals surface area contributed by atoms with Gasteiger partial charge in [0.2, 0.25) is 0 Å². The molecule has 0 amide bonds. The van der Waals surface area contributed by atoms with E-state index in [0.717, 1.165) is 18.0 Å². The van der Waals surface area contributed by atoms with Crippen molar-refractivity contribution in [3.8, 4) is 11.5 Å². The monoisotopic (exact) mass is 265 g/mol. The lowest BCUT2D eigenvalue weighted by Crippen LogP contribution is -2.17. The Hall–Kier alpha value is -1.26. The summed E-state index contributed by atoms with van der Waals surface area (Å²) in [6, 6.07) is 6.77. The van der Waals surface area contributed by atoms with Crippen LogP contribution in [0.1, 0.15) is 25.3 Å². The van der Waals surface area contributed by atoms with Crippen molar-refractivity contribution < 1.29 is 14.2 Å². The van der Waals surface area contributed by atoms with E-state index in [-0.39, 0.29) is 6.10 Å². The van der Waals surface area contributed by atoms with E-state index in [1.165, 1.54) is 18.4 Å². The van der Waals surface area contributed by atoms with Crippen LogP contribution in [0.5, 0.6) is 11.5 Å². The Balaban J connectivity index is 1.97. The van der Waals surface area contributed by atoms with Crippen molar-refractivity contribution in [2.24, 2.45) is 0 Å². The summed E-state index contributed by atoms with van der Waals surface area (Å²) in [5.41, 5.74) is 1.22. The molecule has 0 spiro atoms. The van der Waals surface area contributed by atoms with Crippen LogP contribution in [0.25, 0.3) is 0 Å². The van der Waals surface area contributed by atoms with Crippen molar-refractivity contribution in [2.75, 3.05) is 20.8 Å². The highest BCUT2D eigenvalue weighted by atomic mass is 16.5. The van der Waals surface area contributed by atoms with Crippen molar-refractivity contribution in [3.63, 3.8) is 0 Å². The minimum atomic E-state index is 0.0675. The van der Waals surface area contributed by atoms with Crippen LogP contribution in [0.4, 0.5) is 0 Å². The highest BCUT2D eigenvalue weighted by Crippen LogP contribution is 2.29. The van der Waals surface area contributed by atoms with Gasteiger partial charge in [-0.15, -0.1) is 0 Å². The van der Waals surface area contributed by atoms with E-state index in [9.17, 15) is 0 Å². The van der Waals surface area contributed by atoms with E-state index in [2.05, 4.69) is 11.4 Å². The van der Waals surface area contributed by atoms with Crippen LogP contribution < -0.4 is 14.8 Å². The number of nitrogens with one attached hydrogen (secondary N) is 1. The van der Waals surface area contributed by atoms with E-state index < -0.39 is 0 Å². The smallest absolute Gasteiger partial charge is 0.161 e. The molecule has 106 valence electrons. The third kappa shape index (κ3) is 4.40. The molecule has 0 radical (unpaired) electrons. The van der Waals surface area contributed by atoms with Gasteiger partial charge < -0.3 is 19.5 Å². The van der Waals surface area contributed by atoms with Gasteiger partial charge in [-0.1, -0.05) is 6.07 Å². The summed E-state index contributed by atoms with van der Waals surface area (Å²) < 4.78 is 16.3. The molecule has 1 aliphatic rings. The molecule has 19 heavy (non-hydrogen) atoms. The fourth-order valence-corrected chi connectivity index (χ4v) is 1.77. The number of ether oxygens (including phenoxy) is 3. The summed E-state index contributed by atoms with van der Waals surface area (Å²) in [4.78, 5) is 0. The van der Waals surface area contributed by atoms with Gasteiger partial charge in [-0.2, -0.15) is 0 Å². The van der Waals surface area contributed by atoms with Gasteiger partial charge in [0.05, 0.1) is 13.2 Å². The number of methoxy groups -OCH3 is 2. The van der Waals surface area contributed by atoms with Gasteiger partial charge in [0.1, 0.15) is 6.61 Å². The zero-order chi connectivity index (χ0) is 13.7. The lowest BCUT2D eigenvalue weighted by atomic mass is 10.2. The normalized spacial score (nSPS) is 16.2. The molecule has 1 fully saturated rings. The molecule has 1 aromatic rings. The minimum absolute atomic E-state index is 0.0675. The number of benzene rings is 1. The SMILES string of the molecule is COc1ccc(CNC2CC2)cc1OCC(C)OC. The molecule has 1 aromatic carbocycles. The summed E-state index contributed by atoms with van der Waals surface area (Å²) in [6.07, 6.45) is 2.66. The van der Waals surface area contributed by atoms with Gasteiger partial charge in [0, 0.05) is 19.7 Å². The molecule has 1 N–H and O–H groups in total. The molecule has 0 aromatic heterocycles. The van der Waals surface area contributed by atoms with Crippen LogP contribution in [0.3, 0.4) is 0 Å². The van der Waals surface area contributed by atoms with E-state index in [1.807, 2.05) is 19.1 Å². The first-order valence-electron chi connectivity index (χ1n) is 6.79. The van der Waals surface area contributed by atoms with Crippen LogP contribution in [-0.4, -0.2) is 33.0 Å². The van der Waals surface area contributed by atoms with Crippen molar-refractivity contribution in [3.05, 3.63) is 23.8 Å². The molecule has 4 heteroatoms. The first-order chi connectivity index (χ1) is 9.22. The van der Waals surface area contributed by atoms with Crippen molar-refractivity contribution >= 4 is 0 Å². The molecule has 0 aliphatic heterocycles. The van der Waals surface area contributed by atoms with Gasteiger partial charge in [-0.05, 0) is 37.5 Å². The predicted molar refractivity (Wildman–Crippen MR) is 74.8 cm³/mol. The van der Waals surface area contributed by atoms with Crippen molar-refractivity contribution in [1.29, 1.82) is 0 Å². The molecule has 0 saturated heterocycles. The summed E-state index contributed by atoms with van der Waals surface area (Å²) in [6.45, 7) is 3.38. The van der Waals surface area contributed by atoms with Crippen molar-refractivity contribution in [1.82, 2.24) is 5.32 Å². The third-order valence-corrected chi connectivity index (χ3v) is 3.28. The fraction of sp³-hybridized carbons (Fsp3) is 0.600. The lowest BCUT2D eigenvalue weighted by Gasteiger charge is -2.15. The van der Waals surface area contributed by atoms with E-state index >= 15 is 0 Å². The van der Waals surface area contributed by atoms with Gasteiger partial charge in [-0.3, -0.25) is 0 Å². The quantitative estimate of drug-likeness (QED) is 0.783. The highest BCUT2D eigenvalue weighted by Gasteiger charge is 2.20. The van der Waals surface area contributed by atoms with Crippen LogP contribution >= 0.6 is 0 Å². The predicted octanol–water partition coefficient (Wildman–Crippen LogP) is 2.36. The minimum Gasteiger partial charge on any atom is -0.493 e. The van der Waals surface area contributed by atoms with Gasteiger partial charge in [-0.25, -0.2) is 0 Å². The van der Waals surface area contributed by atoms with Gasteiger partial charge in [0.15, 0.2) is 11.5 Å². The fourth-order valence-electron chi connectivity index (χ4n) is 1.77. The molecule has 0 heterocycles. The average molecular weight is 265 g/mol. The molecule has 2 rings (SSSR count). The Bertz CT molecular complexity index is 404. The van der Waals surface area contributed by atoms with Crippen LogP contribution in [-0.2, 0) is 11.3 Å². The molecule has 1 atom stereocenters. The van der Waals surface area contributed by atoms with E-state index in [0.29, 0.717) is 12.6 Å². The molecule has 1 aliphatic carbocycles. The molecule has 4 nitrogen and oxygen atoms in total. The second-order valence-corrected chi connectivity index (χ2v) is 5.00. The Morgan fingerprint density at radius 3 is 2.68 bits per heavy atom. The summed E-state index contributed by atoms with van der Waals surface area (Å²) in [5.74, 6) is 1.54. The Morgan fingerprint density at radius 1 is 1.26 bits per heavy atom. The van der Waals surface area contributed by atoms with Crippen LogP contribution in [0.2, 0.25) is 0 Å². The molecular weight excluding hydrogens is 242 g/mol. The highest BCUT2D eigenvalue weighted by molar-refractivity contribution is 5.43. The van der Waals surface area contributed by atoms with Crippen LogP contribution in [0, 0.1) is 0 Å². The summed E-state index contributed by atoms with van der Waals surface area (Å²) in [5, 5.41) is 3.49. The zero-order valence-electron chi connectivity index (χ0n) is 11.9. The average Bonchev–Trinajstić information content (AvgIpc) is 3.26. The van der Waals surface area contributed by atoms with Gasteiger partial charge in [0.25, 0.3) is 0 Å². The maximum Gasteiger partial charge on any atom is 0.161 e. The zero-order valence-corrected chi connectivity index (χ0v) is 11.9. The van der Waals surface area contributed by atoms with E-state index in [1.54, 1.807) is 14.2 Å². The standard InChI is InChI=1S/C15H23NO3/c1-11(17-2)10-19-15-8-12(4-7-14(15)18-3)9-16-13-5-6-13/h4,7-8,11,13,16H,5-6,9-10H2,1-3H3. The Morgan fingerprint density at radius 2 is 2.05 bits per heavy atom. The number of rotatable bonds is 8. The van der Waals surface area contributed by atoms with Gasteiger partial charge >= 0.3 is 0 Å². The Kier molecular flexibility index (Phi) is 5.05. The molecule has 0 bridgehead atoms. The number of hydrogen-bond donors (Lipinski definition) is 1. The molecule has 1 saturated carbocycles. The first kappa shape index (κ1) is 14.2. The summed E-state index contributed by atoms with van der Waals surface area (Å²) >= 11 is 0. The first-order valence-corrected chi connectivity index (χ1v) is 6.79. The molecule has 1 unspecified atom stereocenters. The maximum absolute atomic E-state index is 5.77. The largest absolute Gasteiger partial charge is 0.493 e. The third-order valence-electron chi connectivity index (χ3n) is 3.28. The number of hydrogen-bond acceptors (Lipinski definition) is 4. The Labute approximate surface area is 115 Å². The lowest BCUT2D eigenvalue weighted by molar-refractivity contribution is 0.0705.